The number of carbonyl (C=O) groups is 3. The van der Waals surface area contributed by atoms with Crippen LogP contribution < -0.4 is 10.6 Å². The molecule has 1 atom stereocenters. The zero-order valence-electron chi connectivity index (χ0n) is 24.0. The summed E-state index contributed by atoms with van der Waals surface area (Å²) in [6.07, 6.45) is 1.71. The number of alkyl carbamates (subject to hydrolysis) is 1. The van der Waals surface area contributed by atoms with Crippen molar-refractivity contribution in [2.24, 2.45) is 0 Å². The number of carbonyl (C=O) groups excluding carboxylic acids is 3. The van der Waals surface area contributed by atoms with Crippen LogP contribution in [0.2, 0.25) is 0 Å². The molecule has 0 fully saturated rings. The van der Waals surface area contributed by atoms with Crippen LogP contribution in [0.15, 0.2) is 72.9 Å². The Morgan fingerprint density at radius 1 is 0.905 bits per heavy atom. The molecule has 9 heteroatoms. The number of H-pyrrole nitrogens is 1. The normalized spacial score (nSPS) is 13.4. The van der Waals surface area contributed by atoms with Gasteiger partial charge in [0.1, 0.15) is 18.6 Å². The number of ketones is 2. The minimum absolute atomic E-state index is 0.0344. The fourth-order valence-electron chi connectivity index (χ4n) is 4.97. The van der Waals surface area contributed by atoms with E-state index in [1.807, 2.05) is 30.5 Å². The Bertz CT molecular complexity index is 1600. The summed E-state index contributed by atoms with van der Waals surface area (Å²) < 4.78 is 17.0. The van der Waals surface area contributed by atoms with Gasteiger partial charge in [-0.25, -0.2) is 4.79 Å². The predicted octanol–water partition coefficient (Wildman–Crippen LogP) is 5.83. The molecular formula is C33H35N3O6. The summed E-state index contributed by atoms with van der Waals surface area (Å²) >= 11 is 0. The number of hydrogen-bond donors (Lipinski definition) is 3. The smallest absolute Gasteiger partial charge is 0.409 e. The van der Waals surface area contributed by atoms with Gasteiger partial charge in [-0.05, 0) is 44.9 Å². The number of fused-ring (bicyclic) bond motifs is 3. The van der Waals surface area contributed by atoms with Gasteiger partial charge in [-0.3, -0.25) is 14.9 Å². The molecule has 0 bridgehead atoms. The van der Waals surface area contributed by atoms with E-state index in [-0.39, 0.29) is 18.4 Å². The molecule has 0 aliphatic heterocycles. The van der Waals surface area contributed by atoms with Gasteiger partial charge in [0, 0.05) is 52.4 Å². The Morgan fingerprint density at radius 2 is 1.62 bits per heavy atom. The number of ether oxygens (including phenoxy) is 3. The molecule has 4 aromatic rings. The van der Waals surface area contributed by atoms with Crippen LogP contribution in [0.1, 0.15) is 64.6 Å². The first-order chi connectivity index (χ1) is 20.2. The number of nitrogens with one attached hydrogen (secondary N) is 3. The van der Waals surface area contributed by atoms with Gasteiger partial charge >= 0.3 is 6.09 Å². The minimum Gasteiger partial charge on any atom is -0.444 e. The second kappa shape index (κ2) is 12.6. The van der Waals surface area contributed by atoms with Crippen molar-refractivity contribution in [3.8, 4) is 0 Å². The zero-order chi connectivity index (χ0) is 29.7. The van der Waals surface area contributed by atoms with E-state index in [0.29, 0.717) is 53.9 Å². The number of rotatable bonds is 11. The van der Waals surface area contributed by atoms with Crippen LogP contribution in [0.3, 0.4) is 0 Å². The SMILES string of the molecule is CC(C)(C)OC(=O)N[C@H](Cc1c[nH]c2ccccc12)OCOCCCNc1cccc2c1C(=O)c1ccccc1C2=O. The highest BCUT2D eigenvalue weighted by atomic mass is 16.7. The van der Waals surface area contributed by atoms with Crippen molar-refractivity contribution < 1.29 is 28.6 Å². The Balaban J connectivity index is 1.13. The maximum Gasteiger partial charge on any atom is 0.409 e. The fourth-order valence-corrected chi connectivity index (χ4v) is 4.97. The van der Waals surface area contributed by atoms with Crippen LogP contribution in [0.5, 0.6) is 0 Å². The maximum atomic E-state index is 13.2. The van der Waals surface area contributed by atoms with Gasteiger partial charge < -0.3 is 24.5 Å². The molecule has 0 spiro atoms. The van der Waals surface area contributed by atoms with Crippen LogP contribution in [0, 0.1) is 0 Å². The van der Waals surface area contributed by atoms with Crippen molar-refractivity contribution in [3.63, 3.8) is 0 Å². The predicted molar refractivity (Wildman–Crippen MR) is 160 cm³/mol. The number of aromatic amines is 1. The monoisotopic (exact) mass is 569 g/mol. The van der Waals surface area contributed by atoms with Crippen molar-refractivity contribution in [2.45, 2.75) is 45.4 Å². The van der Waals surface area contributed by atoms with Gasteiger partial charge in [0.2, 0.25) is 0 Å². The van der Waals surface area contributed by atoms with Gasteiger partial charge in [-0.15, -0.1) is 0 Å². The van der Waals surface area contributed by atoms with E-state index >= 15 is 0 Å². The van der Waals surface area contributed by atoms with Crippen molar-refractivity contribution in [3.05, 3.63) is 101 Å². The molecule has 3 aromatic carbocycles. The Kier molecular flexibility index (Phi) is 8.70. The number of amides is 1. The average molecular weight is 570 g/mol. The molecule has 218 valence electrons. The summed E-state index contributed by atoms with van der Waals surface area (Å²) in [6.45, 7) is 6.28. The lowest BCUT2D eigenvalue weighted by Gasteiger charge is -2.24. The average Bonchev–Trinajstić information content (AvgIpc) is 3.36. The quantitative estimate of drug-likeness (QED) is 0.135. The van der Waals surface area contributed by atoms with Crippen molar-refractivity contribution in [1.82, 2.24) is 10.3 Å². The second-order valence-electron chi connectivity index (χ2n) is 11.1. The largest absolute Gasteiger partial charge is 0.444 e. The van der Waals surface area contributed by atoms with E-state index in [9.17, 15) is 14.4 Å². The van der Waals surface area contributed by atoms with Gasteiger partial charge in [0.15, 0.2) is 11.6 Å². The van der Waals surface area contributed by atoms with Crippen LogP contribution in [0.25, 0.3) is 10.9 Å². The highest BCUT2D eigenvalue weighted by Gasteiger charge is 2.31. The summed E-state index contributed by atoms with van der Waals surface area (Å²) in [5.74, 6) is -0.307. The maximum absolute atomic E-state index is 13.2. The molecule has 42 heavy (non-hydrogen) atoms. The molecule has 0 unspecified atom stereocenters. The van der Waals surface area contributed by atoms with Gasteiger partial charge in [-0.2, -0.15) is 0 Å². The standard InChI is InChI=1S/C33H35N3O6/c1-33(2,3)42-32(39)36-28(18-21-19-35-26-14-7-6-10-22(21)26)41-20-40-17-9-16-34-27-15-8-13-25-29(27)31(38)24-12-5-4-11-23(24)30(25)37/h4-8,10-15,19,28,34-35H,9,16-18,20H2,1-3H3,(H,36,39)/t28-/m0/s1. The Hall–Kier alpha value is -4.47. The minimum atomic E-state index is -0.667. The van der Waals surface area contributed by atoms with E-state index < -0.39 is 17.9 Å². The third-order valence-electron chi connectivity index (χ3n) is 6.84. The van der Waals surface area contributed by atoms with Crippen LogP contribution in [-0.4, -0.2) is 54.4 Å². The highest BCUT2D eigenvalue weighted by Crippen LogP contribution is 2.32. The molecule has 9 nitrogen and oxygen atoms in total. The van der Waals surface area contributed by atoms with Crippen molar-refractivity contribution in [2.75, 3.05) is 25.3 Å². The lowest BCUT2D eigenvalue weighted by Crippen LogP contribution is -2.42. The summed E-state index contributed by atoms with van der Waals surface area (Å²) in [4.78, 5) is 41.8. The van der Waals surface area contributed by atoms with E-state index in [1.54, 1.807) is 63.2 Å². The first kappa shape index (κ1) is 29.0. The summed E-state index contributed by atoms with van der Waals surface area (Å²) in [5.41, 5.74) is 3.65. The number of para-hydroxylation sites is 1. The van der Waals surface area contributed by atoms with Gasteiger partial charge in [0.05, 0.1) is 12.2 Å². The fraction of sp³-hybridized carbons (Fsp3) is 0.303. The first-order valence-electron chi connectivity index (χ1n) is 14.0. The summed E-state index contributed by atoms with van der Waals surface area (Å²) in [6, 6.07) is 20.1. The lowest BCUT2D eigenvalue weighted by atomic mass is 9.83. The summed E-state index contributed by atoms with van der Waals surface area (Å²) in [7, 11) is 0. The number of aromatic nitrogens is 1. The topological polar surface area (TPSA) is 119 Å². The molecular weight excluding hydrogens is 534 g/mol. The molecule has 1 aromatic heterocycles. The highest BCUT2D eigenvalue weighted by molar-refractivity contribution is 6.30. The third-order valence-corrected chi connectivity index (χ3v) is 6.84. The van der Waals surface area contributed by atoms with Crippen LogP contribution in [0.4, 0.5) is 10.5 Å². The zero-order valence-corrected chi connectivity index (χ0v) is 24.0. The molecule has 1 aliphatic carbocycles. The summed E-state index contributed by atoms with van der Waals surface area (Å²) in [5, 5.41) is 7.12. The van der Waals surface area contributed by atoms with Crippen LogP contribution in [-0.2, 0) is 20.6 Å². The number of hydrogen-bond acceptors (Lipinski definition) is 7. The van der Waals surface area contributed by atoms with Crippen LogP contribution >= 0.6 is 0 Å². The number of anilines is 1. The molecule has 1 amide bonds. The first-order valence-corrected chi connectivity index (χ1v) is 14.0. The molecule has 0 saturated carbocycles. The molecule has 0 saturated heterocycles. The van der Waals surface area contributed by atoms with E-state index in [4.69, 9.17) is 14.2 Å². The lowest BCUT2D eigenvalue weighted by molar-refractivity contribution is -0.0985. The van der Waals surface area contributed by atoms with Gasteiger partial charge in [-0.1, -0.05) is 54.6 Å². The molecule has 1 heterocycles. The Labute approximate surface area is 244 Å². The van der Waals surface area contributed by atoms with E-state index in [1.165, 1.54) is 0 Å². The molecule has 5 rings (SSSR count). The number of benzene rings is 3. The van der Waals surface area contributed by atoms with E-state index in [2.05, 4.69) is 15.6 Å². The molecule has 0 radical (unpaired) electrons. The van der Waals surface area contributed by atoms with Crippen molar-refractivity contribution in [1.29, 1.82) is 0 Å². The molecule has 1 aliphatic rings. The Morgan fingerprint density at radius 3 is 2.40 bits per heavy atom. The third kappa shape index (κ3) is 6.70. The van der Waals surface area contributed by atoms with E-state index in [0.717, 1.165) is 16.5 Å². The molecule has 3 N–H and O–H groups in total. The second-order valence-corrected chi connectivity index (χ2v) is 11.1. The van der Waals surface area contributed by atoms with Gasteiger partial charge in [0.25, 0.3) is 0 Å². The van der Waals surface area contributed by atoms with Crippen molar-refractivity contribution >= 4 is 34.3 Å².